The minimum Gasteiger partial charge on any atom is -0.159 e. The van der Waals surface area contributed by atoms with Crippen LogP contribution >= 0.6 is 0 Å². The molecule has 1 saturated carbocycles. The number of benzene rings is 2. The molecule has 3 rings (SSSR count). The van der Waals surface area contributed by atoms with E-state index in [-0.39, 0.29) is 0 Å². The molecular weight excluding hydrogens is 400 g/mol. The minimum atomic E-state index is 0.737. The monoisotopic (exact) mass is 442 g/mol. The Balaban J connectivity index is 1.41. The second-order valence-corrected chi connectivity index (χ2v) is 9.65. The maximum absolute atomic E-state index is 4.25. The molecule has 2 aromatic carbocycles. The van der Waals surface area contributed by atoms with Gasteiger partial charge < -0.3 is 0 Å². The van der Waals surface area contributed by atoms with Crippen LogP contribution in [-0.4, -0.2) is 12.4 Å². The fraction of sp³-hybridized carbons (Fsp3) is 0.484. The first kappa shape index (κ1) is 25.1. The summed E-state index contributed by atoms with van der Waals surface area (Å²) in [6.07, 6.45) is 21.4. The highest BCUT2D eigenvalue weighted by atomic mass is 15.2. The van der Waals surface area contributed by atoms with Gasteiger partial charge in [0.15, 0.2) is 0 Å². The van der Waals surface area contributed by atoms with Gasteiger partial charge >= 0.3 is 0 Å². The summed E-state index contributed by atoms with van der Waals surface area (Å²) in [5, 5.41) is 8.49. The third kappa shape index (κ3) is 9.12. The lowest BCUT2D eigenvalue weighted by molar-refractivity contribution is 0.303. The molecule has 0 saturated heterocycles. The average molecular weight is 443 g/mol. The van der Waals surface area contributed by atoms with Gasteiger partial charge in [0.05, 0.1) is 12.4 Å². The largest absolute Gasteiger partial charge is 0.159 e. The Kier molecular flexibility index (Phi) is 11.1. The lowest BCUT2D eigenvalue weighted by Crippen LogP contribution is -2.13. The van der Waals surface area contributed by atoms with Crippen molar-refractivity contribution in [3.05, 3.63) is 83.4 Å². The Labute approximate surface area is 201 Å². The number of allylic oxidation sites excluding steroid dienone is 1. The number of hydrogen-bond acceptors (Lipinski definition) is 2. The topological polar surface area (TPSA) is 24.7 Å². The van der Waals surface area contributed by atoms with Crippen LogP contribution in [0, 0.1) is 5.92 Å². The van der Waals surface area contributed by atoms with Crippen molar-refractivity contribution < 1.29 is 0 Å². The normalized spacial score (nSPS) is 18.8. The van der Waals surface area contributed by atoms with Crippen LogP contribution in [-0.2, 0) is 6.42 Å². The Morgan fingerprint density at radius 2 is 1.42 bits per heavy atom. The van der Waals surface area contributed by atoms with E-state index in [4.69, 9.17) is 0 Å². The van der Waals surface area contributed by atoms with E-state index in [0.717, 1.165) is 35.8 Å². The van der Waals surface area contributed by atoms with Gasteiger partial charge in [-0.25, -0.2) is 0 Å². The van der Waals surface area contributed by atoms with Crippen LogP contribution in [0.4, 0.5) is 0 Å². The summed E-state index contributed by atoms with van der Waals surface area (Å²) in [5.74, 6) is 1.71. The molecule has 1 aliphatic rings. The highest BCUT2D eigenvalue weighted by Crippen LogP contribution is 2.37. The quantitative estimate of drug-likeness (QED) is 0.128. The van der Waals surface area contributed by atoms with Crippen molar-refractivity contribution in [2.24, 2.45) is 16.1 Å². The SMILES string of the molecule is C=CCCCCc1ccc(/C=N/N=C/c2ccc(C3CCC(CCCCC)CC3)cc2)cc1. The van der Waals surface area contributed by atoms with Crippen molar-refractivity contribution >= 4 is 12.4 Å². The molecule has 0 N–H and O–H groups in total. The van der Waals surface area contributed by atoms with Crippen molar-refractivity contribution in [1.82, 2.24) is 0 Å². The standard InChI is InChI=1S/C31H42N2/c1-3-5-7-9-11-26-12-14-28(15-13-26)24-32-33-25-29-18-22-31(23-19-29)30-20-16-27(17-21-30)10-8-6-4-2/h3,12-15,18-19,22-25,27,30H,1,4-11,16-17,20-21H2,2H3/b32-24+,33-25+. The highest BCUT2D eigenvalue weighted by Gasteiger charge is 2.21. The smallest absolute Gasteiger partial charge is 0.0568 e. The van der Waals surface area contributed by atoms with Gasteiger partial charge in [0.25, 0.3) is 0 Å². The fourth-order valence-corrected chi connectivity index (χ4v) is 4.91. The summed E-state index contributed by atoms with van der Waals surface area (Å²) >= 11 is 0. The zero-order chi connectivity index (χ0) is 23.1. The first-order chi connectivity index (χ1) is 16.3. The molecule has 2 nitrogen and oxygen atoms in total. The summed E-state index contributed by atoms with van der Waals surface area (Å²) < 4.78 is 0. The van der Waals surface area contributed by atoms with Gasteiger partial charge in [-0.1, -0.05) is 87.2 Å². The molecular formula is C31H42N2. The molecule has 0 spiro atoms. The van der Waals surface area contributed by atoms with Gasteiger partial charge in [0.1, 0.15) is 0 Å². The van der Waals surface area contributed by atoms with E-state index in [1.807, 2.05) is 18.5 Å². The van der Waals surface area contributed by atoms with E-state index in [0.29, 0.717) is 0 Å². The van der Waals surface area contributed by atoms with E-state index in [9.17, 15) is 0 Å². The molecule has 0 heterocycles. The predicted octanol–water partition coefficient (Wildman–Crippen LogP) is 8.89. The highest BCUT2D eigenvalue weighted by molar-refractivity contribution is 5.82. The van der Waals surface area contributed by atoms with Crippen LogP contribution in [0.1, 0.15) is 106 Å². The van der Waals surface area contributed by atoms with E-state index in [1.54, 1.807) is 0 Å². The molecule has 0 unspecified atom stereocenters. The molecule has 2 aromatic rings. The zero-order valence-electron chi connectivity index (χ0n) is 20.6. The summed E-state index contributed by atoms with van der Waals surface area (Å²) in [5.41, 5.74) is 5.07. The number of hydrogen-bond donors (Lipinski definition) is 0. The molecule has 0 aliphatic heterocycles. The van der Waals surface area contributed by atoms with Crippen LogP contribution in [0.5, 0.6) is 0 Å². The second kappa shape index (κ2) is 14.6. The Morgan fingerprint density at radius 3 is 2.03 bits per heavy atom. The van der Waals surface area contributed by atoms with E-state index < -0.39 is 0 Å². The van der Waals surface area contributed by atoms with Crippen LogP contribution < -0.4 is 0 Å². The maximum atomic E-state index is 4.25. The van der Waals surface area contributed by atoms with Crippen LogP contribution in [0.3, 0.4) is 0 Å². The lowest BCUT2D eigenvalue weighted by Gasteiger charge is -2.29. The van der Waals surface area contributed by atoms with E-state index in [1.165, 1.54) is 75.3 Å². The minimum absolute atomic E-state index is 0.737. The van der Waals surface area contributed by atoms with Gasteiger partial charge in [-0.3, -0.25) is 0 Å². The summed E-state index contributed by atoms with van der Waals surface area (Å²) in [7, 11) is 0. The number of unbranched alkanes of at least 4 members (excludes halogenated alkanes) is 4. The molecule has 0 aromatic heterocycles. The van der Waals surface area contributed by atoms with Gasteiger partial charge in [-0.2, -0.15) is 10.2 Å². The van der Waals surface area contributed by atoms with Gasteiger partial charge in [0.2, 0.25) is 0 Å². The number of aryl methyl sites for hydroxylation is 1. The second-order valence-electron chi connectivity index (χ2n) is 9.65. The molecule has 1 aliphatic carbocycles. The molecule has 33 heavy (non-hydrogen) atoms. The molecule has 176 valence electrons. The third-order valence-electron chi connectivity index (χ3n) is 7.05. The molecule has 1 fully saturated rings. The number of nitrogens with zero attached hydrogens (tertiary/aromatic N) is 2. The van der Waals surface area contributed by atoms with Crippen molar-refractivity contribution in [3.8, 4) is 0 Å². The van der Waals surface area contributed by atoms with Gasteiger partial charge in [-0.15, -0.1) is 6.58 Å². The molecule has 2 heteroatoms. The first-order valence-electron chi connectivity index (χ1n) is 13.1. The van der Waals surface area contributed by atoms with Crippen molar-refractivity contribution in [3.63, 3.8) is 0 Å². The first-order valence-corrected chi connectivity index (χ1v) is 13.1. The Bertz CT molecular complexity index is 853. The summed E-state index contributed by atoms with van der Waals surface area (Å²) in [4.78, 5) is 0. The fourth-order valence-electron chi connectivity index (χ4n) is 4.91. The van der Waals surface area contributed by atoms with Crippen LogP contribution in [0.2, 0.25) is 0 Å². The van der Waals surface area contributed by atoms with Gasteiger partial charge in [0, 0.05) is 0 Å². The molecule has 0 amide bonds. The predicted molar refractivity (Wildman–Crippen MR) is 145 cm³/mol. The van der Waals surface area contributed by atoms with Crippen LogP contribution in [0.25, 0.3) is 0 Å². The zero-order valence-corrected chi connectivity index (χ0v) is 20.6. The molecule has 0 atom stereocenters. The molecule has 0 radical (unpaired) electrons. The third-order valence-corrected chi connectivity index (χ3v) is 7.05. The summed E-state index contributed by atoms with van der Waals surface area (Å²) in [6.45, 7) is 6.08. The van der Waals surface area contributed by atoms with Gasteiger partial charge in [-0.05, 0) is 85.5 Å². The van der Waals surface area contributed by atoms with E-state index >= 15 is 0 Å². The summed E-state index contributed by atoms with van der Waals surface area (Å²) in [6, 6.07) is 17.6. The Hall–Kier alpha value is -2.48. The average Bonchev–Trinajstić information content (AvgIpc) is 2.86. The maximum Gasteiger partial charge on any atom is 0.0568 e. The lowest BCUT2D eigenvalue weighted by atomic mass is 9.77. The van der Waals surface area contributed by atoms with Crippen LogP contribution in [0.15, 0.2) is 71.4 Å². The van der Waals surface area contributed by atoms with Crippen molar-refractivity contribution in [2.75, 3.05) is 0 Å². The van der Waals surface area contributed by atoms with Crippen molar-refractivity contribution in [2.45, 2.75) is 89.9 Å². The Morgan fingerprint density at radius 1 is 0.788 bits per heavy atom. The number of rotatable bonds is 13. The molecule has 0 bridgehead atoms. The van der Waals surface area contributed by atoms with E-state index in [2.05, 4.69) is 72.2 Å². The van der Waals surface area contributed by atoms with Crippen molar-refractivity contribution in [1.29, 1.82) is 0 Å².